The summed E-state index contributed by atoms with van der Waals surface area (Å²) >= 11 is 2.14. The Labute approximate surface area is 124 Å². The van der Waals surface area contributed by atoms with E-state index in [1.165, 1.54) is 57.6 Å². The number of thioether (sulfide) groups is 1. The minimum Gasteiger partial charge on any atom is -0.311 e. The molecule has 0 spiro atoms. The van der Waals surface area contributed by atoms with Gasteiger partial charge in [0.2, 0.25) is 0 Å². The van der Waals surface area contributed by atoms with E-state index in [-0.39, 0.29) is 5.54 Å². The fourth-order valence-corrected chi connectivity index (χ4v) is 4.56. The average molecular weight is 285 g/mol. The largest absolute Gasteiger partial charge is 0.311 e. The summed E-state index contributed by atoms with van der Waals surface area (Å²) in [6, 6.07) is 0. The van der Waals surface area contributed by atoms with Crippen molar-refractivity contribution in [3.63, 3.8) is 0 Å². The van der Waals surface area contributed by atoms with Gasteiger partial charge in [-0.05, 0) is 39.0 Å². The number of hydrogen-bond acceptors (Lipinski definition) is 3. The first-order chi connectivity index (χ1) is 8.89. The van der Waals surface area contributed by atoms with Gasteiger partial charge in [-0.2, -0.15) is 11.8 Å². The van der Waals surface area contributed by atoms with Crippen LogP contribution >= 0.6 is 11.8 Å². The highest BCUT2D eigenvalue weighted by Gasteiger charge is 2.36. The van der Waals surface area contributed by atoms with Gasteiger partial charge in [0.25, 0.3) is 0 Å². The Morgan fingerprint density at radius 3 is 2.53 bits per heavy atom. The van der Waals surface area contributed by atoms with E-state index in [0.29, 0.717) is 5.41 Å². The topological polar surface area (TPSA) is 15.3 Å². The third-order valence-electron chi connectivity index (χ3n) is 4.54. The Hall–Kier alpha value is 0.270. The van der Waals surface area contributed by atoms with Crippen molar-refractivity contribution in [3.05, 3.63) is 0 Å². The van der Waals surface area contributed by atoms with Crippen molar-refractivity contribution in [2.24, 2.45) is 5.41 Å². The van der Waals surface area contributed by atoms with Crippen molar-refractivity contribution < 1.29 is 0 Å². The van der Waals surface area contributed by atoms with E-state index in [0.717, 1.165) is 5.25 Å². The van der Waals surface area contributed by atoms with Crippen LogP contribution in [0.4, 0.5) is 0 Å². The fraction of sp³-hybridized carbons (Fsp3) is 1.00. The van der Waals surface area contributed by atoms with E-state index in [2.05, 4.69) is 49.7 Å². The first kappa shape index (κ1) is 15.7. The van der Waals surface area contributed by atoms with E-state index < -0.39 is 0 Å². The molecule has 1 aliphatic heterocycles. The predicted molar refractivity (Wildman–Crippen MR) is 87.0 cm³/mol. The van der Waals surface area contributed by atoms with E-state index in [9.17, 15) is 0 Å². The molecule has 2 fully saturated rings. The van der Waals surface area contributed by atoms with Crippen LogP contribution in [0.1, 0.15) is 53.4 Å². The molecule has 1 saturated heterocycles. The summed E-state index contributed by atoms with van der Waals surface area (Å²) in [5.74, 6) is 1.32. The van der Waals surface area contributed by atoms with Crippen LogP contribution in [0, 0.1) is 5.41 Å². The van der Waals surface area contributed by atoms with E-state index >= 15 is 0 Å². The standard InChI is InChI=1S/C16H32N2S/c1-14-11-18(9-10-19-14)13-16(7-5-6-8-16)12-17-15(2,3)4/h14,17H,5-13H2,1-4H3. The molecule has 1 aliphatic carbocycles. The van der Waals surface area contributed by atoms with Crippen molar-refractivity contribution in [1.29, 1.82) is 0 Å². The summed E-state index contributed by atoms with van der Waals surface area (Å²) in [5, 5.41) is 4.60. The molecule has 0 aromatic rings. The summed E-state index contributed by atoms with van der Waals surface area (Å²) in [6.07, 6.45) is 5.72. The van der Waals surface area contributed by atoms with Gasteiger partial charge in [-0.1, -0.05) is 19.8 Å². The van der Waals surface area contributed by atoms with Crippen molar-refractivity contribution in [2.45, 2.75) is 64.2 Å². The molecular weight excluding hydrogens is 252 g/mol. The van der Waals surface area contributed by atoms with Crippen LogP contribution < -0.4 is 5.32 Å². The fourth-order valence-electron chi connectivity index (χ4n) is 3.48. The van der Waals surface area contributed by atoms with E-state index in [1.807, 2.05) is 0 Å². The number of hydrogen-bond donors (Lipinski definition) is 1. The highest BCUT2D eigenvalue weighted by Crippen LogP contribution is 2.39. The minimum absolute atomic E-state index is 0.251. The van der Waals surface area contributed by atoms with Crippen molar-refractivity contribution >= 4 is 11.8 Å². The lowest BCUT2D eigenvalue weighted by molar-refractivity contribution is 0.144. The molecule has 1 atom stereocenters. The molecule has 1 unspecified atom stereocenters. The molecule has 0 aromatic carbocycles. The quantitative estimate of drug-likeness (QED) is 0.852. The maximum Gasteiger partial charge on any atom is 0.0147 e. The maximum absolute atomic E-state index is 3.77. The molecule has 0 amide bonds. The van der Waals surface area contributed by atoms with E-state index in [4.69, 9.17) is 0 Å². The Balaban J connectivity index is 1.91. The van der Waals surface area contributed by atoms with Gasteiger partial charge < -0.3 is 10.2 Å². The Morgan fingerprint density at radius 2 is 1.95 bits per heavy atom. The lowest BCUT2D eigenvalue weighted by Gasteiger charge is -2.40. The maximum atomic E-state index is 3.77. The van der Waals surface area contributed by atoms with Crippen LogP contribution in [-0.4, -0.2) is 47.6 Å². The first-order valence-corrected chi connectivity index (χ1v) is 9.03. The van der Waals surface area contributed by atoms with Gasteiger partial charge in [0.15, 0.2) is 0 Å². The van der Waals surface area contributed by atoms with Crippen LogP contribution in [-0.2, 0) is 0 Å². The zero-order chi connectivity index (χ0) is 13.9. The predicted octanol–water partition coefficient (Wildman–Crippen LogP) is 3.37. The Kier molecular flexibility index (Phi) is 5.24. The minimum atomic E-state index is 0.251. The van der Waals surface area contributed by atoms with Gasteiger partial charge in [0.05, 0.1) is 0 Å². The summed E-state index contributed by atoms with van der Waals surface area (Å²) in [4.78, 5) is 2.73. The Morgan fingerprint density at radius 1 is 1.26 bits per heavy atom. The zero-order valence-corrected chi connectivity index (χ0v) is 14.1. The molecule has 3 heteroatoms. The molecule has 2 aliphatic rings. The summed E-state index contributed by atoms with van der Waals surface area (Å²) in [6.45, 7) is 14.4. The SMILES string of the molecule is CC1CN(CC2(CNC(C)(C)C)CCCC2)CCS1. The van der Waals surface area contributed by atoms with Crippen LogP contribution in [0.2, 0.25) is 0 Å². The lowest BCUT2D eigenvalue weighted by atomic mass is 9.84. The zero-order valence-electron chi connectivity index (χ0n) is 13.3. The van der Waals surface area contributed by atoms with Crippen molar-refractivity contribution in [2.75, 3.05) is 31.9 Å². The lowest BCUT2D eigenvalue weighted by Crippen LogP contribution is -2.50. The molecule has 2 rings (SSSR count). The Bertz CT molecular complexity index is 279. The van der Waals surface area contributed by atoms with Crippen LogP contribution in [0.3, 0.4) is 0 Å². The smallest absolute Gasteiger partial charge is 0.0147 e. The molecule has 1 N–H and O–H groups in total. The van der Waals surface area contributed by atoms with Crippen molar-refractivity contribution in [1.82, 2.24) is 10.2 Å². The van der Waals surface area contributed by atoms with Crippen molar-refractivity contribution in [3.8, 4) is 0 Å². The first-order valence-electron chi connectivity index (χ1n) is 7.98. The molecule has 2 nitrogen and oxygen atoms in total. The third kappa shape index (κ3) is 4.95. The summed E-state index contributed by atoms with van der Waals surface area (Å²) in [7, 11) is 0. The summed E-state index contributed by atoms with van der Waals surface area (Å²) < 4.78 is 0. The number of rotatable bonds is 4. The monoisotopic (exact) mass is 284 g/mol. The van der Waals surface area contributed by atoms with Gasteiger partial charge in [-0.3, -0.25) is 0 Å². The van der Waals surface area contributed by atoms with Gasteiger partial charge in [0.1, 0.15) is 0 Å². The molecule has 1 saturated carbocycles. The van der Waals surface area contributed by atoms with Crippen LogP contribution in [0.5, 0.6) is 0 Å². The van der Waals surface area contributed by atoms with Crippen LogP contribution in [0.25, 0.3) is 0 Å². The number of nitrogens with one attached hydrogen (secondary N) is 1. The highest BCUT2D eigenvalue weighted by atomic mass is 32.2. The highest BCUT2D eigenvalue weighted by molar-refractivity contribution is 7.99. The van der Waals surface area contributed by atoms with Gasteiger partial charge in [-0.25, -0.2) is 0 Å². The second-order valence-corrected chi connectivity index (χ2v) is 9.27. The molecule has 1 heterocycles. The molecule has 0 radical (unpaired) electrons. The number of nitrogens with zero attached hydrogens (tertiary/aromatic N) is 1. The molecule has 0 bridgehead atoms. The molecule has 0 aromatic heterocycles. The molecule has 19 heavy (non-hydrogen) atoms. The van der Waals surface area contributed by atoms with Crippen LogP contribution in [0.15, 0.2) is 0 Å². The van der Waals surface area contributed by atoms with Gasteiger partial charge >= 0.3 is 0 Å². The second-order valence-electron chi connectivity index (χ2n) is 7.73. The van der Waals surface area contributed by atoms with E-state index in [1.54, 1.807) is 0 Å². The van der Waals surface area contributed by atoms with Gasteiger partial charge in [-0.15, -0.1) is 0 Å². The average Bonchev–Trinajstić information content (AvgIpc) is 2.75. The second kappa shape index (κ2) is 6.36. The molecule has 112 valence electrons. The summed E-state index contributed by atoms with van der Waals surface area (Å²) in [5.41, 5.74) is 0.801. The molecular formula is C16H32N2S. The third-order valence-corrected chi connectivity index (χ3v) is 5.68. The van der Waals surface area contributed by atoms with Gasteiger partial charge in [0, 0.05) is 42.7 Å². The normalized spacial score (nSPS) is 28.7.